The Hall–Kier alpha value is -1.80. The minimum absolute atomic E-state index is 0.255. The molecular formula is C17H18O2. The van der Waals surface area contributed by atoms with Crippen LogP contribution in [0.3, 0.4) is 0 Å². The number of aliphatic hydroxyl groups is 1. The van der Waals surface area contributed by atoms with Crippen LogP contribution in [-0.4, -0.2) is 10.2 Å². The van der Waals surface area contributed by atoms with Gasteiger partial charge < -0.3 is 10.2 Å². The summed E-state index contributed by atoms with van der Waals surface area (Å²) in [5.74, 6) is 0.255. The molecule has 0 heterocycles. The summed E-state index contributed by atoms with van der Waals surface area (Å²) in [5, 5.41) is 20.5. The van der Waals surface area contributed by atoms with E-state index >= 15 is 0 Å². The van der Waals surface area contributed by atoms with Crippen LogP contribution >= 0.6 is 0 Å². The molecule has 1 unspecified atom stereocenters. The van der Waals surface area contributed by atoms with Crippen LogP contribution in [0.1, 0.15) is 29.5 Å². The molecule has 0 bridgehead atoms. The third kappa shape index (κ3) is 2.36. The number of rotatable bonds is 2. The fraction of sp³-hybridized carbons (Fsp3) is 0.294. The Labute approximate surface area is 113 Å². The third-order valence-corrected chi connectivity index (χ3v) is 3.96. The molecule has 2 N–H and O–H groups in total. The van der Waals surface area contributed by atoms with Crippen molar-refractivity contribution in [1.82, 2.24) is 0 Å². The van der Waals surface area contributed by atoms with Crippen molar-refractivity contribution in [3.05, 3.63) is 65.2 Å². The maximum absolute atomic E-state index is 11.0. The van der Waals surface area contributed by atoms with Gasteiger partial charge in [-0.05, 0) is 48.1 Å². The number of benzene rings is 2. The summed E-state index contributed by atoms with van der Waals surface area (Å²) in [7, 11) is 0. The highest BCUT2D eigenvalue weighted by molar-refractivity contribution is 5.37. The van der Waals surface area contributed by atoms with Gasteiger partial charge in [-0.1, -0.05) is 36.4 Å². The highest BCUT2D eigenvalue weighted by atomic mass is 16.3. The second kappa shape index (κ2) is 4.71. The van der Waals surface area contributed by atoms with Crippen molar-refractivity contribution in [2.24, 2.45) is 0 Å². The van der Waals surface area contributed by atoms with Crippen LogP contribution < -0.4 is 0 Å². The molecule has 0 amide bonds. The van der Waals surface area contributed by atoms with Gasteiger partial charge in [-0.3, -0.25) is 0 Å². The molecule has 2 heteroatoms. The van der Waals surface area contributed by atoms with Crippen LogP contribution in [0.2, 0.25) is 0 Å². The molecule has 98 valence electrons. The van der Waals surface area contributed by atoms with E-state index in [-0.39, 0.29) is 5.75 Å². The molecule has 2 nitrogen and oxygen atoms in total. The second-order valence-corrected chi connectivity index (χ2v) is 5.39. The van der Waals surface area contributed by atoms with Gasteiger partial charge >= 0.3 is 0 Å². The van der Waals surface area contributed by atoms with Gasteiger partial charge in [0.25, 0.3) is 0 Å². The zero-order valence-corrected chi connectivity index (χ0v) is 10.8. The first-order valence-electron chi connectivity index (χ1n) is 6.76. The Morgan fingerprint density at radius 2 is 1.89 bits per heavy atom. The molecule has 0 radical (unpaired) electrons. The molecule has 2 aromatic rings. The number of phenolic OH excluding ortho intramolecular Hbond substituents is 1. The normalized spacial score (nSPS) is 21.9. The van der Waals surface area contributed by atoms with Crippen LogP contribution in [0.15, 0.2) is 48.5 Å². The standard InChI is InChI=1S/C17H18O2/c18-15-8-3-5-13(11-15)12-17(19)10-4-7-14-6-1-2-9-16(14)17/h1-3,5-6,8-9,11,18-19H,4,7,10,12H2. The molecule has 1 aliphatic rings. The third-order valence-electron chi connectivity index (χ3n) is 3.96. The van der Waals surface area contributed by atoms with Gasteiger partial charge in [0.15, 0.2) is 0 Å². The van der Waals surface area contributed by atoms with Crippen molar-refractivity contribution in [1.29, 1.82) is 0 Å². The van der Waals surface area contributed by atoms with Crippen LogP contribution in [0.4, 0.5) is 0 Å². The molecule has 0 fully saturated rings. The molecule has 0 aliphatic heterocycles. The van der Waals surface area contributed by atoms with E-state index in [0.29, 0.717) is 6.42 Å². The summed E-state index contributed by atoms with van der Waals surface area (Å²) in [5.41, 5.74) is 2.46. The van der Waals surface area contributed by atoms with Crippen LogP contribution in [0, 0.1) is 0 Å². The van der Waals surface area contributed by atoms with E-state index in [2.05, 4.69) is 6.07 Å². The lowest BCUT2D eigenvalue weighted by atomic mass is 9.76. The van der Waals surface area contributed by atoms with E-state index in [1.54, 1.807) is 12.1 Å². The molecular weight excluding hydrogens is 236 g/mol. The average Bonchev–Trinajstić information content (AvgIpc) is 2.39. The number of fused-ring (bicyclic) bond motifs is 1. The highest BCUT2D eigenvalue weighted by Crippen LogP contribution is 2.38. The lowest BCUT2D eigenvalue weighted by Gasteiger charge is -2.34. The number of phenols is 1. The Balaban J connectivity index is 1.96. The number of hydrogen-bond acceptors (Lipinski definition) is 2. The Morgan fingerprint density at radius 1 is 1.05 bits per heavy atom. The van der Waals surface area contributed by atoms with E-state index in [1.165, 1.54) is 5.56 Å². The summed E-state index contributed by atoms with van der Waals surface area (Å²) < 4.78 is 0. The summed E-state index contributed by atoms with van der Waals surface area (Å²) in [6.07, 6.45) is 3.38. The molecule has 0 saturated carbocycles. The van der Waals surface area contributed by atoms with Crippen LogP contribution in [-0.2, 0) is 18.4 Å². The topological polar surface area (TPSA) is 40.5 Å². The predicted molar refractivity (Wildman–Crippen MR) is 75.1 cm³/mol. The minimum atomic E-state index is -0.803. The number of aryl methyl sites for hydroxylation is 1. The van der Waals surface area contributed by atoms with E-state index in [1.807, 2.05) is 30.3 Å². The van der Waals surface area contributed by atoms with E-state index in [9.17, 15) is 10.2 Å². The van der Waals surface area contributed by atoms with E-state index in [0.717, 1.165) is 30.4 Å². The molecule has 0 aromatic heterocycles. The Morgan fingerprint density at radius 3 is 2.74 bits per heavy atom. The first-order valence-corrected chi connectivity index (χ1v) is 6.76. The SMILES string of the molecule is Oc1cccc(CC2(O)CCCc3ccccc32)c1. The lowest BCUT2D eigenvalue weighted by molar-refractivity contribution is 0.0190. The second-order valence-electron chi connectivity index (χ2n) is 5.39. The van der Waals surface area contributed by atoms with Crippen molar-refractivity contribution < 1.29 is 10.2 Å². The maximum atomic E-state index is 11.0. The van der Waals surface area contributed by atoms with Gasteiger partial charge in [0.1, 0.15) is 5.75 Å². The number of hydrogen-bond donors (Lipinski definition) is 2. The molecule has 0 saturated heterocycles. The first-order chi connectivity index (χ1) is 9.17. The molecule has 3 rings (SSSR count). The number of aromatic hydroxyl groups is 1. The summed E-state index contributed by atoms with van der Waals surface area (Å²) in [6.45, 7) is 0. The molecule has 1 aliphatic carbocycles. The highest BCUT2D eigenvalue weighted by Gasteiger charge is 2.34. The van der Waals surface area contributed by atoms with E-state index in [4.69, 9.17) is 0 Å². The van der Waals surface area contributed by atoms with Gasteiger partial charge in [-0.2, -0.15) is 0 Å². The smallest absolute Gasteiger partial charge is 0.115 e. The van der Waals surface area contributed by atoms with Crippen molar-refractivity contribution in [3.63, 3.8) is 0 Å². The fourth-order valence-electron chi connectivity index (χ4n) is 3.09. The zero-order valence-electron chi connectivity index (χ0n) is 10.8. The van der Waals surface area contributed by atoms with Gasteiger partial charge in [0.2, 0.25) is 0 Å². The molecule has 19 heavy (non-hydrogen) atoms. The maximum Gasteiger partial charge on any atom is 0.115 e. The summed E-state index contributed by atoms with van der Waals surface area (Å²) in [6, 6.07) is 15.3. The van der Waals surface area contributed by atoms with Gasteiger partial charge in [0.05, 0.1) is 5.60 Å². The van der Waals surface area contributed by atoms with Gasteiger partial charge in [-0.15, -0.1) is 0 Å². The Bertz CT molecular complexity index is 591. The largest absolute Gasteiger partial charge is 0.508 e. The summed E-state index contributed by atoms with van der Waals surface area (Å²) in [4.78, 5) is 0. The molecule has 0 spiro atoms. The summed E-state index contributed by atoms with van der Waals surface area (Å²) >= 11 is 0. The lowest BCUT2D eigenvalue weighted by Crippen LogP contribution is -2.32. The first kappa shape index (κ1) is 12.2. The van der Waals surface area contributed by atoms with Crippen molar-refractivity contribution in [2.75, 3.05) is 0 Å². The fourth-order valence-corrected chi connectivity index (χ4v) is 3.09. The quantitative estimate of drug-likeness (QED) is 0.864. The van der Waals surface area contributed by atoms with E-state index < -0.39 is 5.60 Å². The zero-order chi connectivity index (χ0) is 13.3. The predicted octanol–water partition coefficient (Wildman–Crippen LogP) is 3.16. The monoisotopic (exact) mass is 254 g/mol. The molecule has 2 aromatic carbocycles. The minimum Gasteiger partial charge on any atom is -0.508 e. The van der Waals surface area contributed by atoms with Crippen molar-refractivity contribution >= 4 is 0 Å². The van der Waals surface area contributed by atoms with Crippen molar-refractivity contribution in [2.45, 2.75) is 31.3 Å². The van der Waals surface area contributed by atoms with Gasteiger partial charge in [-0.25, -0.2) is 0 Å². The Kier molecular flexibility index (Phi) is 3.03. The molecule has 1 atom stereocenters. The average molecular weight is 254 g/mol. The van der Waals surface area contributed by atoms with Crippen LogP contribution in [0.5, 0.6) is 5.75 Å². The van der Waals surface area contributed by atoms with Crippen LogP contribution in [0.25, 0.3) is 0 Å². The van der Waals surface area contributed by atoms with Crippen molar-refractivity contribution in [3.8, 4) is 5.75 Å². The van der Waals surface area contributed by atoms with Gasteiger partial charge in [0, 0.05) is 6.42 Å².